The van der Waals surface area contributed by atoms with Gasteiger partial charge in [-0.15, -0.1) is 0 Å². The SMILES string of the molecule is OC1c2ccc(-c3cccc(-n4c5ccccc5c5cc(-c6cccc7c6oc6ccccc67)ccc54)c3)cc2-c2cccc3c4cc(-c5ccccc5)ccc4n1c23. The van der Waals surface area contributed by atoms with Gasteiger partial charge in [-0.2, -0.15) is 0 Å². The van der Waals surface area contributed by atoms with Crippen molar-refractivity contribution in [1.82, 2.24) is 9.13 Å². The lowest BCUT2D eigenvalue weighted by molar-refractivity contribution is 0.155. The number of aromatic nitrogens is 2. The van der Waals surface area contributed by atoms with Crippen molar-refractivity contribution in [1.29, 1.82) is 0 Å². The Bertz CT molecular complexity index is 3700. The van der Waals surface area contributed by atoms with Crippen LogP contribution in [-0.4, -0.2) is 14.2 Å². The average Bonchev–Trinajstić information content (AvgIpc) is 3.96. The van der Waals surface area contributed by atoms with E-state index in [-0.39, 0.29) is 0 Å². The Morgan fingerprint density at radius 1 is 0.390 bits per heavy atom. The monoisotopic (exact) mass is 754 g/mol. The summed E-state index contributed by atoms with van der Waals surface area (Å²) in [5.41, 5.74) is 17.2. The molecule has 0 saturated heterocycles. The van der Waals surface area contributed by atoms with Crippen LogP contribution in [0.25, 0.3) is 116 Å². The van der Waals surface area contributed by atoms with Gasteiger partial charge >= 0.3 is 0 Å². The molecule has 3 aromatic heterocycles. The molecular formula is C55H34N2O2. The minimum atomic E-state index is -0.802. The third-order valence-corrected chi connectivity index (χ3v) is 12.6. The van der Waals surface area contributed by atoms with Crippen LogP contribution < -0.4 is 0 Å². The molecule has 1 N–H and O–H groups in total. The van der Waals surface area contributed by atoms with Crippen molar-refractivity contribution in [3.63, 3.8) is 0 Å². The van der Waals surface area contributed by atoms with Gasteiger partial charge in [0.05, 0.1) is 22.1 Å². The first-order valence-corrected chi connectivity index (χ1v) is 20.2. The quantitative estimate of drug-likeness (QED) is 0.194. The van der Waals surface area contributed by atoms with Crippen molar-refractivity contribution < 1.29 is 9.52 Å². The first kappa shape index (κ1) is 32.4. The van der Waals surface area contributed by atoms with E-state index < -0.39 is 6.23 Å². The van der Waals surface area contributed by atoms with E-state index in [1.807, 2.05) is 18.2 Å². The van der Waals surface area contributed by atoms with Crippen molar-refractivity contribution in [2.45, 2.75) is 6.23 Å². The summed E-state index contributed by atoms with van der Waals surface area (Å²) in [6.45, 7) is 0. The average molecular weight is 755 g/mol. The first-order valence-electron chi connectivity index (χ1n) is 20.2. The molecule has 12 aromatic rings. The molecule has 4 nitrogen and oxygen atoms in total. The molecule has 0 amide bonds. The second kappa shape index (κ2) is 12.2. The molecule has 0 spiro atoms. The molecule has 59 heavy (non-hydrogen) atoms. The van der Waals surface area contributed by atoms with Crippen LogP contribution in [-0.2, 0) is 0 Å². The molecule has 9 aromatic carbocycles. The lowest BCUT2D eigenvalue weighted by atomic mass is 9.90. The largest absolute Gasteiger partial charge is 0.455 e. The Kier molecular flexibility index (Phi) is 6.69. The van der Waals surface area contributed by atoms with E-state index in [1.54, 1.807) is 0 Å². The van der Waals surface area contributed by atoms with E-state index in [1.165, 1.54) is 21.9 Å². The molecule has 1 unspecified atom stereocenters. The number of aliphatic hydroxyl groups is 1. The fraction of sp³-hybridized carbons (Fsp3) is 0.0182. The third kappa shape index (κ3) is 4.63. The molecule has 4 heteroatoms. The van der Waals surface area contributed by atoms with Gasteiger partial charge in [0.2, 0.25) is 0 Å². The van der Waals surface area contributed by atoms with E-state index in [4.69, 9.17) is 4.42 Å². The minimum absolute atomic E-state index is 0.802. The van der Waals surface area contributed by atoms with Gasteiger partial charge in [-0.3, -0.25) is 0 Å². The van der Waals surface area contributed by atoms with Crippen molar-refractivity contribution in [2.75, 3.05) is 0 Å². The Labute approximate surface area is 339 Å². The maximum absolute atomic E-state index is 12.1. The minimum Gasteiger partial charge on any atom is -0.455 e. The maximum Gasteiger partial charge on any atom is 0.158 e. The van der Waals surface area contributed by atoms with Crippen LogP contribution in [0.4, 0.5) is 0 Å². The highest BCUT2D eigenvalue weighted by molar-refractivity contribution is 6.16. The first-order chi connectivity index (χ1) is 29.2. The van der Waals surface area contributed by atoms with E-state index in [9.17, 15) is 5.11 Å². The second-order valence-corrected chi connectivity index (χ2v) is 15.8. The topological polar surface area (TPSA) is 43.2 Å². The summed E-state index contributed by atoms with van der Waals surface area (Å²) in [6.07, 6.45) is -0.802. The molecule has 13 rings (SSSR count). The summed E-state index contributed by atoms with van der Waals surface area (Å²) in [4.78, 5) is 0. The van der Waals surface area contributed by atoms with Gasteiger partial charge in [-0.1, -0.05) is 140 Å². The number of rotatable bonds is 4. The van der Waals surface area contributed by atoms with Gasteiger partial charge in [-0.25, -0.2) is 0 Å². The highest BCUT2D eigenvalue weighted by atomic mass is 16.3. The molecule has 276 valence electrons. The Morgan fingerprint density at radius 3 is 1.93 bits per heavy atom. The summed E-state index contributed by atoms with van der Waals surface area (Å²) in [6, 6.07) is 69.1. The number of fused-ring (bicyclic) bond motifs is 11. The van der Waals surface area contributed by atoms with Gasteiger partial charge in [0.25, 0.3) is 0 Å². The van der Waals surface area contributed by atoms with Crippen molar-refractivity contribution in [2.24, 2.45) is 0 Å². The fourth-order valence-corrected chi connectivity index (χ4v) is 9.94. The molecular weight excluding hydrogens is 721 g/mol. The maximum atomic E-state index is 12.1. The van der Waals surface area contributed by atoms with Crippen LogP contribution >= 0.6 is 0 Å². The van der Waals surface area contributed by atoms with Gasteiger partial charge < -0.3 is 18.7 Å². The molecule has 1 atom stereocenters. The number of hydrogen-bond acceptors (Lipinski definition) is 2. The van der Waals surface area contributed by atoms with Crippen LogP contribution in [0, 0.1) is 0 Å². The summed E-state index contributed by atoms with van der Waals surface area (Å²) < 4.78 is 10.9. The smallest absolute Gasteiger partial charge is 0.158 e. The van der Waals surface area contributed by atoms with Crippen molar-refractivity contribution >= 4 is 65.6 Å². The lowest BCUT2D eigenvalue weighted by Crippen LogP contribution is -2.15. The van der Waals surface area contributed by atoms with Crippen LogP contribution in [0.2, 0.25) is 0 Å². The van der Waals surface area contributed by atoms with Gasteiger partial charge in [-0.05, 0) is 88.0 Å². The van der Waals surface area contributed by atoms with Crippen LogP contribution in [0.15, 0.2) is 199 Å². The van der Waals surface area contributed by atoms with Gasteiger partial charge in [0.15, 0.2) is 6.23 Å². The Balaban J connectivity index is 0.936. The number of nitrogens with zero attached hydrogens (tertiary/aromatic N) is 2. The van der Waals surface area contributed by atoms with Crippen LogP contribution in [0.5, 0.6) is 0 Å². The number of aliphatic hydroxyl groups excluding tert-OH is 1. The molecule has 1 aliphatic rings. The Morgan fingerprint density at radius 2 is 1.02 bits per heavy atom. The van der Waals surface area contributed by atoms with Crippen LogP contribution in [0.3, 0.4) is 0 Å². The van der Waals surface area contributed by atoms with E-state index >= 15 is 0 Å². The van der Waals surface area contributed by atoms with Crippen LogP contribution in [0.1, 0.15) is 11.8 Å². The summed E-state index contributed by atoms with van der Waals surface area (Å²) in [5.74, 6) is 0. The van der Waals surface area contributed by atoms with Crippen molar-refractivity contribution in [3.8, 4) is 50.2 Å². The highest BCUT2D eigenvalue weighted by Crippen LogP contribution is 2.47. The van der Waals surface area contributed by atoms with E-state index in [0.717, 1.165) is 99.4 Å². The predicted octanol–water partition coefficient (Wildman–Crippen LogP) is 14.3. The molecule has 0 bridgehead atoms. The number of hydrogen-bond donors (Lipinski definition) is 1. The summed E-state index contributed by atoms with van der Waals surface area (Å²) >= 11 is 0. The highest BCUT2D eigenvalue weighted by Gasteiger charge is 2.28. The zero-order chi connectivity index (χ0) is 38.8. The molecule has 0 saturated carbocycles. The lowest BCUT2D eigenvalue weighted by Gasteiger charge is -2.26. The molecule has 4 heterocycles. The summed E-state index contributed by atoms with van der Waals surface area (Å²) in [5, 5.41) is 19.0. The van der Waals surface area contributed by atoms with E-state index in [0.29, 0.717) is 0 Å². The summed E-state index contributed by atoms with van der Waals surface area (Å²) in [7, 11) is 0. The fourth-order valence-electron chi connectivity index (χ4n) is 9.94. The van der Waals surface area contributed by atoms with E-state index in [2.05, 4.69) is 185 Å². The van der Waals surface area contributed by atoms with Gasteiger partial charge in [0, 0.05) is 54.7 Å². The number of para-hydroxylation sites is 4. The van der Waals surface area contributed by atoms with Gasteiger partial charge in [0.1, 0.15) is 11.2 Å². The molecule has 0 aliphatic carbocycles. The standard InChI is InChI=1S/C55H34N2O2/c58-55-45-26-23-36(30-46(45)42-18-10-19-43-48-31-35(33-11-2-1-3-12-33)24-27-51(48)57(55)53(42)43)34-13-8-14-38(29-34)56-49-21-6-4-15-40(49)47-32-37(25-28-50(47)56)39-17-9-20-44-41-16-5-7-22-52(41)59-54(39)44/h1-32,55,58H. The number of furan rings is 1. The molecule has 0 radical (unpaired) electrons. The zero-order valence-corrected chi connectivity index (χ0v) is 31.8. The molecule has 0 fully saturated rings. The second-order valence-electron chi connectivity index (χ2n) is 15.8. The zero-order valence-electron chi connectivity index (χ0n) is 31.8. The normalized spacial score (nSPS) is 13.7. The number of benzene rings is 9. The Hall–Kier alpha value is -7.66. The third-order valence-electron chi connectivity index (χ3n) is 12.6. The van der Waals surface area contributed by atoms with Crippen molar-refractivity contribution in [3.05, 3.63) is 200 Å². The molecule has 1 aliphatic heterocycles. The predicted molar refractivity (Wildman–Crippen MR) is 243 cm³/mol.